The van der Waals surface area contributed by atoms with Crippen molar-refractivity contribution >= 4 is 28.3 Å². The standard InChI is InChI=1S/C13H17N5OS/c1-4-14-11-6-9(5-10(16-11)8(2)3)13(19)17-12-7-15-18-20-12/h5-8H,4H2,1-3H3,(H,14,16)(H,17,19). The first kappa shape index (κ1) is 14.4. The second-order valence-electron chi connectivity index (χ2n) is 4.59. The first-order valence-electron chi connectivity index (χ1n) is 6.44. The lowest BCUT2D eigenvalue weighted by molar-refractivity contribution is 0.102. The van der Waals surface area contributed by atoms with Gasteiger partial charge in [0.05, 0.1) is 6.20 Å². The van der Waals surface area contributed by atoms with Gasteiger partial charge in [-0.15, -0.1) is 5.10 Å². The Morgan fingerprint density at radius 2 is 2.20 bits per heavy atom. The van der Waals surface area contributed by atoms with Gasteiger partial charge >= 0.3 is 0 Å². The highest BCUT2D eigenvalue weighted by atomic mass is 32.1. The number of hydrogen-bond donors (Lipinski definition) is 2. The van der Waals surface area contributed by atoms with E-state index in [9.17, 15) is 4.79 Å². The van der Waals surface area contributed by atoms with E-state index < -0.39 is 0 Å². The minimum absolute atomic E-state index is 0.181. The van der Waals surface area contributed by atoms with Crippen molar-refractivity contribution in [2.24, 2.45) is 0 Å². The van der Waals surface area contributed by atoms with Crippen LogP contribution >= 0.6 is 11.5 Å². The molecule has 7 heteroatoms. The van der Waals surface area contributed by atoms with Crippen molar-refractivity contribution in [3.05, 3.63) is 29.6 Å². The number of nitrogens with one attached hydrogen (secondary N) is 2. The van der Waals surface area contributed by atoms with Gasteiger partial charge in [-0.2, -0.15) is 0 Å². The van der Waals surface area contributed by atoms with Gasteiger partial charge in [-0.05, 0) is 25.0 Å². The summed E-state index contributed by atoms with van der Waals surface area (Å²) in [7, 11) is 0. The van der Waals surface area contributed by atoms with E-state index in [1.807, 2.05) is 26.8 Å². The monoisotopic (exact) mass is 291 g/mol. The van der Waals surface area contributed by atoms with Crippen LogP contribution in [-0.2, 0) is 0 Å². The van der Waals surface area contributed by atoms with Crippen LogP contribution < -0.4 is 10.6 Å². The van der Waals surface area contributed by atoms with Crippen molar-refractivity contribution in [1.82, 2.24) is 14.6 Å². The van der Waals surface area contributed by atoms with E-state index in [2.05, 4.69) is 25.2 Å². The number of aromatic nitrogens is 3. The second kappa shape index (κ2) is 6.42. The van der Waals surface area contributed by atoms with Crippen LogP contribution in [0.5, 0.6) is 0 Å². The van der Waals surface area contributed by atoms with Crippen molar-refractivity contribution in [3.63, 3.8) is 0 Å². The number of amides is 1. The maximum atomic E-state index is 12.2. The average Bonchev–Trinajstić information content (AvgIpc) is 2.91. The van der Waals surface area contributed by atoms with Gasteiger partial charge in [-0.3, -0.25) is 4.79 Å². The molecule has 6 nitrogen and oxygen atoms in total. The first-order chi connectivity index (χ1) is 9.60. The molecule has 0 unspecified atom stereocenters. The number of carbonyl (C=O) groups is 1. The zero-order chi connectivity index (χ0) is 14.5. The van der Waals surface area contributed by atoms with E-state index in [1.165, 1.54) is 6.20 Å². The molecule has 0 aliphatic rings. The zero-order valence-corrected chi connectivity index (χ0v) is 12.5. The molecule has 0 bridgehead atoms. The largest absolute Gasteiger partial charge is 0.370 e. The van der Waals surface area contributed by atoms with E-state index in [0.717, 1.165) is 23.8 Å². The smallest absolute Gasteiger partial charge is 0.256 e. The van der Waals surface area contributed by atoms with Crippen molar-refractivity contribution in [1.29, 1.82) is 0 Å². The molecule has 0 atom stereocenters. The van der Waals surface area contributed by atoms with E-state index in [1.54, 1.807) is 6.07 Å². The molecule has 0 saturated heterocycles. The Bertz CT molecular complexity index is 582. The maximum absolute atomic E-state index is 12.2. The first-order valence-corrected chi connectivity index (χ1v) is 7.22. The van der Waals surface area contributed by atoms with Crippen molar-refractivity contribution in [3.8, 4) is 0 Å². The lowest BCUT2D eigenvalue weighted by Crippen LogP contribution is -2.13. The van der Waals surface area contributed by atoms with Crippen molar-refractivity contribution in [2.45, 2.75) is 26.7 Å². The molecule has 0 radical (unpaired) electrons. The number of anilines is 2. The third-order valence-corrected chi connectivity index (χ3v) is 3.23. The summed E-state index contributed by atoms with van der Waals surface area (Å²) in [6, 6.07) is 3.56. The van der Waals surface area contributed by atoms with E-state index in [-0.39, 0.29) is 11.8 Å². The third-order valence-electron chi connectivity index (χ3n) is 2.65. The Balaban J connectivity index is 2.27. The Morgan fingerprint density at radius 1 is 1.40 bits per heavy atom. The minimum Gasteiger partial charge on any atom is -0.370 e. The highest BCUT2D eigenvalue weighted by Crippen LogP contribution is 2.19. The van der Waals surface area contributed by atoms with Gasteiger partial charge in [0, 0.05) is 29.3 Å². The summed E-state index contributed by atoms with van der Waals surface area (Å²) >= 11 is 1.15. The fourth-order valence-electron chi connectivity index (χ4n) is 1.66. The van der Waals surface area contributed by atoms with Crippen LogP contribution in [-0.4, -0.2) is 27.0 Å². The van der Waals surface area contributed by atoms with Gasteiger partial charge < -0.3 is 10.6 Å². The molecular weight excluding hydrogens is 274 g/mol. The Morgan fingerprint density at radius 3 is 2.80 bits per heavy atom. The number of carbonyl (C=O) groups excluding carboxylic acids is 1. The fourth-order valence-corrected chi connectivity index (χ4v) is 2.07. The van der Waals surface area contributed by atoms with E-state index in [4.69, 9.17) is 0 Å². The molecule has 2 aromatic rings. The molecular formula is C13H17N5OS. The molecule has 1 amide bonds. The number of rotatable bonds is 5. The molecule has 2 N–H and O–H groups in total. The fraction of sp³-hybridized carbons (Fsp3) is 0.385. The number of pyridine rings is 1. The molecule has 2 rings (SSSR count). The SMILES string of the molecule is CCNc1cc(C(=O)Nc2cnns2)cc(C(C)C)n1. The second-order valence-corrected chi connectivity index (χ2v) is 5.37. The molecule has 106 valence electrons. The van der Waals surface area contributed by atoms with Gasteiger partial charge in [-0.1, -0.05) is 18.3 Å². The molecule has 0 aliphatic carbocycles. The summed E-state index contributed by atoms with van der Waals surface area (Å²) < 4.78 is 3.71. The van der Waals surface area contributed by atoms with Gasteiger partial charge in [-0.25, -0.2) is 4.98 Å². The van der Waals surface area contributed by atoms with Crippen LogP contribution in [0.4, 0.5) is 10.8 Å². The van der Waals surface area contributed by atoms with E-state index >= 15 is 0 Å². The molecule has 0 saturated carbocycles. The molecule has 0 aromatic carbocycles. The predicted molar refractivity (Wildman–Crippen MR) is 80.4 cm³/mol. The average molecular weight is 291 g/mol. The van der Waals surface area contributed by atoms with Crippen molar-refractivity contribution < 1.29 is 4.79 Å². The van der Waals surface area contributed by atoms with Crippen LogP contribution in [0.15, 0.2) is 18.3 Å². The topological polar surface area (TPSA) is 79.8 Å². The van der Waals surface area contributed by atoms with Crippen LogP contribution in [0.1, 0.15) is 42.7 Å². The lowest BCUT2D eigenvalue weighted by Gasteiger charge is -2.11. The molecule has 0 spiro atoms. The van der Waals surface area contributed by atoms with Gasteiger partial charge in [0.15, 0.2) is 0 Å². The van der Waals surface area contributed by atoms with Gasteiger partial charge in [0.2, 0.25) is 0 Å². The van der Waals surface area contributed by atoms with Gasteiger partial charge in [0.25, 0.3) is 5.91 Å². The summed E-state index contributed by atoms with van der Waals surface area (Å²) in [5.41, 5.74) is 1.46. The highest BCUT2D eigenvalue weighted by Gasteiger charge is 2.12. The van der Waals surface area contributed by atoms with E-state index in [0.29, 0.717) is 16.4 Å². The molecule has 2 aromatic heterocycles. The lowest BCUT2D eigenvalue weighted by atomic mass is 10.1. The highest BCUT2D eigenvalue weighted by molar-refractivity contribution is 7.10. The normalized spacial score (nSPS) is 10.6. The van der Waals surface area contributed by atoms with Gasteiger partial charge in [0.1, 0.15) is 10.8 Å². The molecule has 20 heavy (non-hydrogen) atoms. The summed E-state index contributed by atoms with van der Waals surface area (Å²) in [6.45, 7) is 6.85. The van der Waals surface area contributed by atoms with Crippen LogP contribution in [0.2, 0.25) is 0 Å². The quantitative estimate of drug-likeness (QED) is 0.885. The molecule has 2 heterocycles. The number of nitrogens with zero attached hydrogens (tertiary/aromatic N) is 3. The minimum atomic E-state index is -0.181. The molecule has 0 aliphatic heterocycles. The van der Waals surface area contributed by atoms with Crippen molar-refractivity contribution in [2.75, 3.05) is 17.2 Å². The number of hydrogen-bond acceptors (Lipinski definition) is 6. The van der Waals surface area contributed by atoms with Crippen LogP contribution in [0.25, 0.3) is 0 Å². The zero-order valence-electron chi connectivity index (χ0n) is 11.7. The predicted octanol–water partition coefficient (Wildman–Crippen LogP) is 2.74. The Kier molecular flexibility index (Phi) is 4.62. The summed E-state index contributed by atoms with van der Waals surface area (Å²) in [4.78, 5) is 16.7. The summed E-state index contributed by atoms with van der Waals surface area (Å²) in [5.74, 6) is 0.788. The maximum Gasteiger partial charge on any atom is 0.256 e. The summed E-state index contributed by atoms with van der Waals surface area (Å²) in [6.07, 6.45) is 1.53. The molecule has 0 fully saturated rings. The van der Waals surface area contributed by atoms with Crippen LogP contribution in [0, 0.1) is 0 Å². The Labute approximate surface area is 121 Å². The summed E-state index contributed by atoms with van der Waals surface area (Å²) in [5, 5.41) is 10.2. The van der Waals surface area contributed by atoms with Crippen LogP contribution in [0.3, 0.4) is 0 Å². The Hall–Kier alpha value is -2.02. The third kappa shape index (κ3) is 3.51.